The van der Waals surface area contributed by atoms with E-state index in [1.165, 1.54) is 11.8 Å². The second-order valence-electron chi connectivity index (χ2n) is 8.05. The van der Waals surface area contributed by atoms with Gasteiger partial charge in [-0.1, -0.05) is 35.1 Å². The zero-order valence-corrected chi connectivity index (χ0v) is 20.3. The summed E-state index contributed by atoms with van der Waals surface area (Å²) in [6.45, 7) is 3.84. The number of nitrogens with zero attached hydrogens (tertiary/aromatic N) is 2. The van der Waals surface area contributed by atoms with E-state index in [1.807, 2.05) is 0 Å². The minimum Gasteiger partial charge on any atom is -0.507 e. The number of rotatable bonds is 4. The van der Waals surface area contributed by atoms with Gasteiger partial charge in [-0.25, -0.2) is 4.98 Å². The first kappa shape index (κ1) is 23.1. The number of aliphatic hydroxyl groups is 1. The zero-order chi connectivity index (χ0) is 24.9. The number of amides is 1. The van der Waals surface area contributed by atoms with Gasteiger partial charge in [0.05, 0.1) is 22.2 Å². The van der Waals surface area contributed by atoms with Crippen LogP contribution in [0.25, 0.3) is 5.76 Å². The van der Waals surface area contributed by atoms with Crippen LogP contribution < -0.4 is 14.4 Å². The molecule has 0 saturated carbocycles. The van der Waals surface area contributed by atoms with Crippen molar-refractivity contribution in [1.29, 1.82) is 0 Å². The standard InChI is InChI=1S/C25H19ClN2O6S/c1-12-23(13(2)29)35-25(27-12)28-20(14-4-3-5-16(26)10-14)19(22(31)24(28)32)21(30)15-6-7-17-18(11-15)34-9-8-33-17/h3-7,10-11,20,30H,8-9H2,1-2H3/t20-/m1/s1. The summed E-state index contributed by atoms with van der Waals surface area (Å²) in [5, 5.41) is 11.9. The molecule has 0 bridgehead atoms. The Hall–Kier alpha value is -3.69. The van der Waals surface area contributed by atoms with Gasteiger partial charge in [-0.2, -0.15) is 0 Å². The predicted octanol–water partition coefficient (Wildman–Crippen LogP) is 4.71. The Balaban J connectivity index is 1.70. The number of ketones is 2. The van der Waals surface area contributed by atoms with Gasteiger partial charge in [-0.15, -0.1) is 0 Å². The number of aliphatic hydroxyl groups excluding tert-OH is 1. The molecule has 1 atom stereocenters. The molecule has 3 heterocycles. The number of ether oxygens (including phenoxy) is 2. The van der Waals surface area contributed by atoms with Gasteiger partial charge >= 0.3 is 5.91 Å². The molecule has 5 rings (SSSR count). The minimum atomic E-state index is -1.01. The summed E-state index contributed by atoms with van der Waals surface area (Å²) < 4.78 is 11.1. The lowest BCUT2D eigenvalue weighted by molar-refractivity contribution is -0.132. The lowest BCUT2D eigenvalue weighted by atomic mass is 9.95. The second-order valence-corrected chi connectivity index (χ2v) is 9.46. The summed E-state index contributed by atoms with van der Waals surface area (Å²) in [5.41, 5.74) is 1.13. The van der Waals surface area contributed by atoms with Gasteiger partial charge < -0.3 is 14.6 Å². The maximum absolute atomic E-state index is 13.3. The van der Waals surface area contributed by atoms with Crippen molar-refractivity contribution in [1.82, 2.24) is 4.98 Å². The number of carbonyl (C=O) groups is 3. The Kier molecular flexibility index (Phi) is 5.82. The van der Waals surface area contributed by atoms with Gasteiger partial charge in [-0.3, -0.25) is 19.3 Å². The van der Waals surface area contributed by atoms with Gasteiger partial charge in [-0.05, 0) is 42.8 Å². The van der Waals surface area contributed by atoms with Crippen LogP contribution in [0.15, 0.2) is 48.0 Å². The molecule has 3 aromatic rings. The molecule has 1 N–H and O–H groups in total. The molecule has 178 valence electrons. The molecule has 1 fully saturated rings. The number of benzene rings is 2. The lowest BCUT2D eigenvalue weighted by Gasteiger charge is -2.23. The van der Waals surface area contributed by atoms with Crippen molar-refractivity contribution >= 4 is 51.3 Å². The van der Waals surface area contributed by atoms with Crippen molar-refractivity contribution in [2.45, 2.75) is 19.9 Å². The van der Waals surface area contributed by atoms with Crippen LogP contribution in [0, 0.1) is 6.92 Å². The van der Waals surface area contributed by atoms with Gasteiger partial charge in [0.15, 0.2) is 22.4 Å². The first-order valence-electron chi connectivity index (χ1n) is 10.7. The molecule has 10 heteroatoms. The fourth-order valence-corrected chi connectivity index (χ4v) is 5.37. The number of carbonyl (C=O) groups excluding carboxylic acids is 3. The Morgan fingerprint density at radius 1 is 1.14 bits per heavy atom. The molecule has 8 nitrogen and oxygen atoms in total. The minimum absolute atomic E-state index is 0.119. The van der Waals surface area contributed by atoms with E-state index in [4.69, 9.17) is 21.1 Å². The number of thiazole rings is 1. The molecule has 0 aliphatic carbocycles. The highest BCUT2D eigenvalue weighted by molar-refractivity contribution is 7.18. The number of fused-ring (bicyclic) bond motifs is 1. The summed E-state index contributed by atoms with van der Waals surface area (Å²) in [6, 6.07) is 10.5. The topological polar surface area (TPSA) is 106 Å². The summed E-state index contributed by atoms with van der Waals surface area (Å²) >= 11 is 7.25. The van der Waals surface area contributed by atoms with E-state index < -0.39 is 17.7 Å². The van der Waals surface area contributed by atoms with Crippen LogP contribution in [0.5, 0.6) is 11.5 Å². The van der Waals surface area contributed by atoms with Gasteiger partial charge in [0, 0.05) is 17.5 Å². The molecule has 2 aliphatic heterocycles. The second kappa shape index (κ2) is 8.83. The van der Waals surface area contributed by atoms with Crippen LogP contribution in [0.1, 0.15) is 39.5 Å². The maximum Gasteiger partial charge on any atom is 0.301 e. The first-order chi connectivity index (χ1) is 16.8. The fraction of sp³-hybridized carbons (Fsp3) is 0.200. The predicted molar refractivity (Wildman–Crippen MR) is 131 cm³/mol. The Morgan fingerprint density at radius 3 is 2.57 bits per heavy atom. The third-order valence-corrected chi connectivity index (χ3v) is 7.23. The third kappa shape index (κ3) is 3.96. The number of halogens is 1. The SMILES string of the molecule is CC(=O)c1sc(N2C(=O)C(=O)C(=C(O)c3ccc4c(c3)OCCO4)[C@H]2c2cccc(Cl)c2)nc1C. The van der Waals surface area contributed by atoms with E-state index in [-0.39, 0.29) is 22.2 Å². The molecular weight excluding hydrogens is 492 g/mol. The molecule has 1 saturated heterocycles. The fourth-order valence-electron chi connectivity index (χ4n) is 4.18. The molecule has 0 unspecified atom stereocenters. The van der Waals surface area contributed by atoms with E-state index >= 15 is 0 Å². The van der Waals surface area contributed by atoms with Crippen molar-refractivity contribution in [2.24, 2.45) is 0 Å². The monoisotopic (exact) mass is 510 g/mol. The number of aryl methyl sites for hydroxylation is 1. The molecular formula is C25H19ClN2O6S. The summed E-state index contributed by atoms with van der Waals surface area (Å²) in [6.07, 6.45) is 0. The quantitative estimate of drug-likeness (QED) is 0.234. The molecule has 1 aromatic heterocycles. The van der Waals surface area contributed by atoms with Crippen LogP contribution in [0.3, 0.4) is 0 Å². The number of hydrogen-bond acceptors (Lipinski definition) is 8. The molecule has 2 aromatic carbocycles. The van der Waals surface area contributed by atoms with E-state index in [1.54, 1.807) is 49.4 Å². The van der Waals surface area contributed by atoms with Crippen molar-refractivity contribution < 1.29 is 29.0 Å². The van der Waals surface area contributed by atoms with Gasteiger partial charge in [0.2, 0.25) is 0 Å². The van der Waals surface area contributed by atoms with Crippen molar-refractivity contribution in [3.8, 4) is 11.5 Å². The Bertz CT molecular complexity index is 1430. The largest absolute Gasteiger partial charge is 0.507 e. The zero-order valence-electron chi connectivity index (χ0n) is 18.7. The van der Waals surface area contributed by atoms with Crippen LogP contribution >= 0.6 is 22.9 Å². The van der Waals surface area contributed by atoms with Crippen LogP contribution in [0.4, 0.5) is 5.13 Å². The van der Waals surface area contributed by atoms with Crippen LogP contribution in [-0.2, 0) is 9.59 Å². The summed E-state index contributed by atoms with van der Waals surface area (Å²) in [7, 11) is 0. The average molecular weight is 511 g/mol. The van der Waals surface area contributed by atoms with Gasteiger partial charge in [0.1, 0.15) is 19.0 Å². The third-order valence-electron chi connectivity index (χ3n) is 5.74. The first-order valence-corrected chi connectivity index (χ1v) is 11.9. The number of Topliss-reactive ketones (excluding diaryl/α,β-unsaturated/α-hetero) is 2. The molecule has 2 aliphatic rings. The molecule has 1 amide bonds. The summed E-state index contributed by atoms with van der Waals surface area (Å²) in [5.74, 6) is -1.35. The Morgan fingerprint density at radius 2 is 1.89 bits per heavy atom. The molecule has 0 spiro atoms. The molecule has 0 radical (unpaired) electrons. The highest BCUT2D eigenvalue weighted by Crippen LogP contribution is 2.45. The van der Waals surface area contributed by atoms with E-state index in [0.717, 1.165) is 11.3 Å². The average Bonchev–Trinajstić information content (AvgIpc) is 3.35. The normalized spacial score (nSPS) is 18.7. The smallest absolute Gasteiger partial charge is 0.301 e. The van der Waals surface area contributed by atoms with Crippen molar-refractivity contribution in [3.05, 3.63) is 74.8 Å². The number of hydrogen-bond donors (Lipinski definition) is 1. The van der Waals surface area contributed by atoms with E-state index in [2.05, 4.69) is 4.98 Å². The highest BCUT2D eigenvalue weighted by atomic mass is 35.5. The van der Waals surface area contributed by atoms with Crippen LogP contribution in [-0.4, -0.2) is 40.8 Å². The van der Waals surface area contributed by atoms with Crippen molar-refractivity contribution in [3.63, 3.8) is 0 Å². The maximum atomic E-state index is 13.3. The number of anilines is 1. The van der Waals surface area contributed by atoms with E-state index in [0.29, 0.717) is 51.4 Å². The Labute approximate surface area is 209 Å². The van der Waals surface area contributed by atoms with Crippen LogP contribution in [0.2, 0.25) is 5.02 Å². The summed E-state index contributed by atoms with van der Waals surface area (Å²) in [4.78, 5) is 44.6. The highest BCUT2D eigenvalue weighted by Gasteiger charge is 2.48. The lowest BCUT2D eigenvalue weighted by Crippen LogP contribution is -2.29. The molecule has 35 heavy (non-hydrogen) atoms. The van der Waals surface area contributed by atoms with Gasteiger partial charge in [0.25, 0.3) is 5.78 Å². The number of aromatic nitrogens is 1. The van der Waals surface area contributed by atoms with Crippen molar-refractivity contribution in [2.75, 3.05) is 18.1 Å². The van der Waals surface area contributed by atoms with E-state index in [9.17, 15) is 19.5 Å².